The third-order valence-electron chi connectivity index (χ3n) is 5.01. The third kappa shape index (κ3) is 5.92. The molecular formula is C26H20ClN3O4S. The maximum absolute atomic E-state index is 12.4. The summed E-state index contributed by atoms with van der Waals surface area (Å²) in [7, 11) is 0. The van der Waals surface area contributed by atoms with Gasteiger partial charge in [0.2, 0.25) is 0 Å². The van der Waals surface area contributed by atoms with E-state index in [4.69, 9.17) is 16.3 Å². The molecule has 0 aliphatic carbocycles. The zero-order valence-electron chi connectivity index (χ0n) is 18.6. The Balaban J connectivity index is 1.26. The van der Waals surface area contributed by atoms with E-state index in [-0.39, 0.29) is 6.54 Å². The first-order chi connectivity index (χ1) is 16.9. The fourth-order valence-electron chi connectivity index (χ4n) is 3.21. The van der Waals surface area contributed by atoms with E-state index in [1.54, 1.807) is 36.4 Å². The number of esters is 1. The SMILES string of the molecule is Cc1ccccc1C(=O)Oc1ccc(/C=N/NC(=O)CNC(=O)c2sc3ccccc3c2Cl)cc1. The number of nitrogens with zero attached hydrogens (tertiary/aromatic N) is 1. The highest BCUT2D eigenvalue weighted by Gasteiger charge is 2.17. The minimum atomic E-state index is -0.490. The molecule has 0 radical (unpaired) electrons. The Morgan fingerprint density at radius 2 is 1.71 bits per heavy atom. The number of rotatable bonds is 7. The first-order valence-corrected chi connectivity index (χ1v) is 11.8. The summed E-state index contributed by atoms with van der Waals surface area (Å²) in [6.07, 6.45) is 1.44. The van der Waals surface area contributed by atoms with Gasteiger partial charge in [0, 0.05) is 10.1 Å². The number of ether oxygens (including phenoxy) is 1. The molecule has 0 saturated heterocycles. The van der Waals surface area contributed by atoms with Crippen LogP contribution in [-0.4, -0.2) is 30.5 Å². The lowest BCUT2D eigenvalue weighted by atomic mass is 10.1. The van der Waals surface area contributed by atoms with Gasteiger partial charge in [-0.05, 0) is 54.4 Å². The van der Waals surface area contributed by atoms with E-state index in [1.165, 1.54) is 17.6 Å². The van der Waals surface area contributed by atoms with Crippen molar-refractivity contribution >= 4 is 57.0 Å². The van der Waals surface area contributed by atoms with Crippen LogP contribution in [0.2, 0.25) is 5.02 Å². The quantitative estimate of drug-likeness (QED) is 0.160. The smallest absolute Gasteiger partial charge is 0.343 e. The summed E-state index contributed by atoms with van der Waals surface area (Å²) in [5.41, 5.74) is 4.37. The number of hydrogen-bond donors (Lipinski definition) is 2. The van der Waals surface area contributed by atoms with Crippen molar-refractivity contribution in [3.8, 4) is 5.75 Å². The Morgan fingerprint density at radius 1 is 1.00 bits per heavy atom. The van der Waals surface area contributed by atoms with Crippen LogP contribution in [0.3, 0.4) is 0 Å². The lowest BCUT2D eigenvalue weighted by Crippen LogP contribution is -2.34. The van der Waals surface area contributed by atoms with E-state index in [1.807, 2.05) is 43.3 Å². The van der Waals surface area contributed by atoms with E-state index in [2.05, 4.69) is 15.8 Å². The summed E-state index contributed by atoms with van der Waals surface area (Å²) in [6, 6.07) is 21.3. The Kier molecular flexibility index (Phi) is 7.54. The largest absolute Gasteiger partial charge is 0.423 e. The molecule has 0 fully saturated rings. The van der Waals surface area contributed by atoms with Crippen LogP contribution in [0.25, 0.3) is 10.1 Å². The Hall–Kier alpha value is -4.01. The molecule has 0 unspecified atom stereocenters. The molecule has 0 aliphatic rings. The average Bonchev–Trinajstić information content (AvgIpc) is 3.20. The first-order valence-electron chi connectivity index (χ1n) is 10.6. The van der Waals surface area contributed by atoms with Gasteiger partial charge in [-0.25, -0.2) is 10.2 Å². The second kappa shape index (κ2) is 10.9. The van der Waals surface area contributed by atoms with Crippen LogP contribution in [0.15, 0.2) is 77.9 Å². The summed E-state index contributed by atoms with van der Waals surface area (Å²) < 4.78 is 6.29. The Bertz CT molecular complexity index is 1430. The normalized spacial score (nSPS) is 10.9. The van der Waals surface area contributed by atoms with Crippen molar-refractivity contribution in [2.24, 2.45) is 5.10 Å². The molecule has 2 amide bonds. The van der Waals surface area contributed by atoms with Crippen molar-refractivity contribution in [3.05, 3.63) is 99.4 Å². The second-order valence-corrected chi connectivity index (χ2v) is 8.92. The number of aryl methyl sites for hydroxylation is 1. The number of hydrogen-bond acceptors (Lipinski definition) is 6. The molecule has 9 heteroatoms. The van der Waals surface area contributed by atoms with Gasteiger partial charge in [0.15, 0.2) is 0 Å². The fraction of sp³-hybridized carbons (Fsp3) is 0.0769. The number of fused-ring (bicyclic) bond motifs is 1. The highest BCUT2D eigenvalue weighted by molar-refractivity contribution is 7.21. The van der Waals surface area contributed by atoms with E-state index in [0.717, 1.165) is 15.6 Å². The van der Waals surface area contributed by atoms with Crippen LogP contribution in [0, 0.1) is 6.92 Å². The molecule has 3 aromatic carbocycles. The molecular weight excluding hydrogens is 486 g/mol. The van der Waals surface area contributed by atoms with Crippen LogP contribution in [0.1, 0.15) is 31.2 Å². The number of carbonyl (C=O) groups excluding carboxylic acids is 3. The summed E-state index contributed by atoms with van der Waals surface area (Å²) >= 11 is 7.56. The molecule has 0 aliphatic heterocycles. The lowest BCUT2D eigenvalue weighted by molar-refractivity contribution is -0.120. The lowest BCUT2D eigenvalue weighted by Gasteiger charge is -2.06. The van der Waals surface area contributed by atoms with Crippen molar-refractivity contribution < 1.29 is 19.1 Å². The van der Waals surface area contributed by atoms with Crippen LogP contribution >= 0.6 is 22.9 Å². The molecule has 0 atom stereocenters. The molecule has 0 saturated carbocycles. The van der Waals surface area contributed by atoms with Gasteiger partial charge in [0.1, 0.15) is 10.6 Å². The van der Waals surface area contributed by atoms with E-state index in [9.17, 15) is 14.4 Å². The maximum Gasteiger partial charge on any atom is 0.343 e. The Morgan fingerprint density at radius 3 is 2.46 bits per heavy atom. The van der Waals surface area contributed by atoms with Crippen LogP contribution in [0.4, 0.5) is 0 Å². The van der Waals surface area contributed by atoms with Gasteiger partial charge in [-0.15, -0.1) is 11.3 Å². The molecule has 176 valence electrons. The van der Waals surface area contributed by atoms with Gasteiger partial charge in [-0.1, -0.05) is 48.0 Å². The third-order valence-corrected chi connectivity index (χ3v) is 6.68. The molecule has 1 aromatic heterocycles. The molecule has 2 N–H and O–H groups in total. The zero-order chi connectivity index (χ0) is 24.8. The molecule has 4 aromatic rings. The molecule has 0 spiro atoms. The molecule has 7 nitrogen and oxygen atoms in total. The van der Waals surface area contributed by atoms with Gasteiger partial charge in [0.25, 0.3) is 11.8 Å². The maximum atomic E-state index is 12.4. The monoisotopic (exact) mass is 505 g/mol. The molecule has 0 bridgehead atoms. The molecule has 4 rings (SSSR count). The van der Waals surface area contributed by atoms with Gasteiger partial charge >= 0.3 is 5.97 Å². The number of nitrogens with one attached hydrogen (secondary N) is 2. The second-order valence-electron chi connectivity index (χ2n) is 7.49. The zero-order valence-corrected chi connectivity index (χ0v) is 20.2. The van der Waals surface area contributed by atoms with Crippen LogP contribution < -0.4 is 15.5 Å². The van der Waals surface area contributed by atoms with Crippen molar-refractivity contribution in [1.29, 1.82) is 0 Å². The average molecular weight is 506 g/mol. The van der Waals surface area contributed by atoms with E-state index in [0.29, 0.717) is 26.8 Å². The van der Waals surface area contributed by atoms with Crippen molar-refractivity contribution in [3.63, 3.8) is 0 Å². The minimum absolute atomic E-state index is 0.255. The minimum Gasteiger partial charge on any atom is -0.423 e. The van der Waals surface area contributed by atoms with Gasteiger partial charge in [-0.3, -0.25) is 9.59 Å². The van der Waals surface area contributed by atoms with Crippen LogP contribution in [-0.2, 0) is 4.79 Å². The standard InChI is InChI=1S/C26H20ClN3O4S/c1-16-6-2-3-7-19(16)26(33)34-18-12-10-17(11-13-18)14-29-30-22(31)15-28-25(32)24-23(27)20-8-4-5-9-21(20)35-24/h2-14H,15H2,1H3,(H,28,32)(H,30,31)/b29-14+. The summed E-state index contributed by atoms with van der Waals surface area (Å²) in [4.78, 5) is 37.1. The van der Waals surface area contributed by atoms with Gasteiger partial charge in [0.05, 0.1) is 23.3 Å². The molecule has 35 heavy (non-hydrogen) atoms. The predicted octanol–water partition coefficient (Wildman–Crippen LogP) is 4.96. The van der Waals surface area contributed by atoms with Crippen LogP contribution in [0.5, 0.6) is 5.75 Å². The van der Waals surface area contributed by atoms with Crippen molar-refractivity contribution in [2.45, 2.75) is 6.92 Å². The first kappa shape index (κ1) is 24.1. The summed E-state index contributed by atoms with van der Waals surface area (Å²) in [5.74, 6) is -0.959. The number of amides is 2. The Labute approximate surface area is 210 Å². The van der Waals surface area contributed by atoms with E-state index < -0.39 is 17.8 Å². The highest BCUT2D eigenvalue weighted by atomic mass is 35.5. The van der Waals surface area contributed by atoms with Gasteiger partial charge < -0.3 is 10.1 Å². The number of thiophene rings is 1. The highest BCUT2D eigenvalue weighted by Crippen LogP contribution is 2.34. The summed E-state index contributed by atoms with van der Waals surface area (Å²) in [5, 5.41) is 7.60. The van der Waals surface area contributed by atoms with Crippen molar-refractivity contribution in [1.82, 2.24) is 10.7 Å². The number of carbonyl (C=O) groups is 3. The van der Waals surface area contributed by atoms with Crippen molar-refractivity contribution in [2.75, 3.05) is 6.54 Å². The number of benzene rings is 3. The van der Waals surface area contributed by atoms with Gasteiger partial charge in [-0.2, -0.15) is 5.10 Å². The van der Waals surface area contributed by atoms with E-state index >= 15 is 0 Å². The number of hydrazone groups is 1. The topological polar surface area (TPSA) is 96.9 Å². The predicted molar refractivity (Wildman–Crippen MR) is 137 cm³/mol. The fourth-order valence-corrected chi connectivity index (χ4v) is 4.64. The summed E-state index contributed by atoms with van der Waals surface area (Å²) in [6.45, 7) is 1.59. The molecule has 1 heterocycles. The number of halogens is 1.